The van der Waals surface area contributed by atoms with Crippen LogP contribution in [0.5, 0.6) is 0 Å². The quantitative estimate of drug-likeness (QED) is 0.511. The number of benzene rings is 2. The Hall–Kier alpha value is -4.08. The smallest absolute Gasteiger partial charge is 0.337 e. The van der Waals surface area contributed by atoms with Gasteiger partial charge in [-0.15, -0.1) is 0 Å². The number of carbonyl (C=O) groups is 3. The van der Waals surface area contributed by atoms with E-state index in [0.29, 0.717) is 11.3 Å². The minimum atomic E-state index is -0.796. The second-order valence-electron chi connectivity index (χ2n) is 6.97. The van der Waals surface area contributed by atoms with Crippen LogP contribution in [-0.2, 0) is 25.5 Å². The fraction of sp³-hybridized carbons (Fsp3) is 0.217. The zero-order valence-electron chi connectivity index (χ0n) is 17.8. The van der Waals surface area contributed by atoms with E-state index < -0.39 is 36.1 Å². The Balaban J connectivity index is 1.49. The van der Waals surface area contributed by atoms with Crippen molar-refractivity contribution >= 4 is 23.5 Å². The molecule has 1 heterocycles. The lowest BCUT2D eigenvalue weighted by atomic mass is 10.1. The Kier molecular flexibility index (Phi) is 7.50. The van der Waals surface area contributed by atoms with Crippen LogP contribution in [0.15, 0.2) is 47.0 Å². The van der Waals surface area contributed by atoms with Gasteiger partial charge in [-0.1, -0.05) is 6.07 Å². The number of hydrogen-bond donors (Lipinski definition) is 1. The van der Waals surface area contributed by atoms with E-state index in [2.05, 4.69) is 15.0 Å². The van der Waals surface area contributed by atoms with Crippen LogP contribution in [0.2, 0.25) is 0 Å². The van der Waals surface area contributed by atoms with E-state index in [4.69, 9.17) is 9.15 Å². The number of aryl methyl sites for hydroxylation is 2. The molecule has 0 aliphatic carbocycles. The summed E-state index contributed by atoms with van der Waals surface area (Å²) in [6.45, 7) is 1.21. The number of carbonyl (C=O) groups excluding carboxylic acids is 3. The van der Waals surface area contributed by atoms with E-state index in [1.807, 2.05) is 0 Å². The fourth-order valence-corrected chi connectivity index (χ4v) is 2.85. The van der Waals surface area contributed by atoms with Crippen LogP contribution in [0.3, 0.4) is 0 Å². The van der Waals surface area contributed by atoms with Gasteiger partial charge in [0, 0.05) is 18.2 Å². The molecule has 0 aliphatic rings. The van der Waals surface area contributed by atoms with Gasteiger partial charge in [0.1, 0.15) is 11.6 Å². The topological polar surface area (TPSA) is 108 Å². The van der Waals surface area contributed by atoms with Gasteiger partial charge < -0.3 is 19.2 Å². The highest BCUT2D eigenvalue weighted by molar-refractivity contribution is 5.96. The number of anilines is 1. The summed E-state index contributed by atoms with van der Waals surface area (Å²) in [5.41, 5.74) is 1.40. The number of oxazole rings is 1. The van der Waals surface area contributed by atoms with Crippen molar-refractivity contribution in [1.29, 1.82) is 0 Å². The standard InChI is InChI=1S/C23H20F2N2O6/c1-13-3-4-14(23(30)31-2)9-18(13)27-20(28)12-32-22(29)8-7-21-26-11-19(33-21)16-6-5-15(24)10-17(16)25/h3-6,9-11H,7-8,12H2,1-2H3,(H,27,28). The van der Waals surface area contributed by atoms with E-state index in [9.17, 15) is 23.2 Å². The highest BCUT2D eigenvalue weighted by atomic mass is 19.1. The first-order chi connectivity index (χ1) is 15.8. The summed E-state index contributed by atoms with van der Waals surface area (Å²) in [4.78, 5) is 39.7. The molecule has 8 nitrogen and oxygen atoms in total. The highest BCUT2D eigenvalue weighted by Gasteiger charge is 2.15. The molecule has 0 saturated carbocycles. The summed E-state index contributed by atoms with van der Waals surface area (Å²) in [6, 6.07) is 7.73. The molecule has 1 amide bonds. The molecule has 10 heteroatoms. The average molecular weight is 458 g/mol. The van der Waals surface area contributed by atoms with Gasteiger partial charge in [-0.25, -0.2) is 18.6 Å². The van der Waals surface area contributed by atoms with Gasteiger partial charge in [-0.2, -0.15) is 0 Å². The average Bonchev–Trinajstić information content (AvgIpc) is 3.26. The van der Waals surface area contributed by atoms with Crippen LogP contribution >= 0.6 is 0 Å². The zero-order valence-corrected chi connectivity index (χ0v) is 17.8. The van der Waals surface area contributed by atoms with Crippen molar-refractivity contribution < 1.29 is 37.1 Å². The summed E-state index contributed by atoms with van der Waals surface area (Å²) in [5.74, 6) is -3.06. The molecule has 0 fully saturated rings. The lowest BCUT2D eigenvalue weighted by Crippen LogP contribution is -2.21. The van der Waals surface area contributed by atoms with Gasteiger partial charge in [0.25, 0.3) is 5.91 Å². The molecule has 0 bridgehead atoms. The minimum Gasteiger partial charge on any atom is -0.465 e. The van der Waals surface area contributed by atoms with Gasteiger partial charge in [0.2, 0.25) is 0 Å². The number of nitrogens with one attached hydrogen (secondary N) is 1. The van der Waals surface area contributed by atoms with Crippen molar-refractivity contribution in [3.63, 3.8) is 0 Å². The summed E-state index contributed by atoms with van der Waals surface area (Å²) in [7, 11) is 1.25. The second-order valence-corrected chi connectivity index (χ2v) is 6.97. The third-order valence-electron chi connectivity index (χ3n) is 4.59. The van der Waals surface area contributed by atoms with Gasteiger partial charge in [0.15, 0.2) is 18.3 Å². The van der Waals surface area contributed by atoms with Crippen LogP contribution in [0, 0.1) is 18.6 Å². The first-order valence-electron chi connectivity index (χ1n) is 9.81. The Labute approximate surface area is 187 Å². The molecule has 1 N–H and O–H groups in total. The number of ether oxygens (including phenoxy) is 2. The molecular formula is C23H20F2N2O6. The van der Waals surface area contributed by atoms with E-state index in [1.54, 1.807) is 19.1 Å². The fourth-order valence-electron chi connectivity index (χ4n) is 2.85. The Morgan fingerprint density at radius 1 is 1.12 bits per heavy atom. The monoisotopic (exact) mass is 458 g/mol. The molecule has 0 saturated heterocycles. The third-order valence-corrected chi connectivity index (χ3v) is 4.59. The van der Waals surface area contributed by atoms with Crippen molar-refractivity contribution in [2.24, 2.45) is 0 Å². The largest absolute Gasteiger partial charge is 0.465 e. The maximum atomic E-state index is 13.8. The van der Waals surface area contributed by atoms with E-state index in [-0.39, 0.29) is 35.6 Å². The predicted octanol–water partition coefficient (Wildman–Crippen LogP) is 3.83. The molecule has 0 atom stereocenters. The van der Waals surface area contributed by atoms with Crippen molar-refractivity contribution in [3.05, 3.63) is 71.2 Å². The highest BCUT2D eigenvalue weighted by Crippen LogP contribution is 2.24. The molecule has 172 valence electrons. The Morgan fingerprint density at radius 3 is 2.64 bits per heavy atom. The van der Waals surface area contributed by atoms with Gasteiger partial charge >= 0.3 is 11.9 Å². The van der Waals surface area contributed by atoms with Crippen molar-refractivity contribution in [1.82, 2.24) is 4.98 Å². The number of methoxy groups -OCH3 is 1. The number of rotatable bonds is 8. The van der Waals surface area contributed by atoms with Crippen molar-refractivity contribution in [2.75, 3.05) is 19.0 Å². The van der Waals surface area contributed by atoms with Gasteiger partial charge in [-0.3, -0.25) is 9.59 Å². The SMILES string of the molecule is COC(=O)c1ccc(C)c(NC(=O)COC(=O)CCc2ncc(-c3ccc(F)cc3F)o2)c1. The van der Waals surface area contributed by atoms with Crippen LogP contribution in [0.1, 0.15) is 28.2 Å². The summed E-state index contributed by atoms with van der Waals surface area (Å²) >= 11 is 0. The number of aromatic nitrogens is 1. The number of nitrogens with zero attached hydrogens (tertiary/aromatic N) is 1. The molecule has 0 aliphatic heterocycles. The maximum absolute atomic E-state index is 13.8. The molecule has 3 rings (SSSR count). The van der Waals surface area contributed by atoms with E-state index >= 15 is 0 Å². The Morgan fingerprint density at radius 2 is 1.91 bits per heavy atom. The normalized spacial score (nSPS) is 10.5. The van der Waals surface area contributed by atoms with Gasteiger partial charge in [0.05, 0.1) is 30.9 Å². The Bertz CT molecular complexity index is 1190. The lowest BCUT2D eigenvalue weighted by Gasteiger charge is -2.10. The third kappa shape index (κ3) is 6.22. The molecule has 2 aromatic carbocycles. The minimum absolute atomic E-state index is 0.0426. The number of esters is 2. The van der Waals surface area contributed by atoms with E-state index in [1.165, 1.54) is 25.4 Å². The number of halogens is 2. The molecule has 3 aromatic rings. The van der Waals surface area contributed by atoms with Gasteiger partial charge in [-0.05, 0) is 36.8 Å². The first kappa shape index (κ1) is 23.6. The molecular weight excluding hydrogens is 438 g/mol. The number of amides is 1. The van der Waals surface area contributed by atoms with Crippen LogP contribution < -0.4 is 5.32 Å². The van der Waals surface area contributed by atoms with Crippen molar-refractivity contribution in [3.8, 4) is 11.3 Å². The molecule has 0 radical (unpaired) electrons. The van der Waals surface area contributed by atoms with Crippen molar-refractivity contribution in [2.45, 2.75) is 19.8 Å². The molecule has 0 spiro atoms. The molecule has 33 heavy (non-hydrogen) atoms. The summed E-state index contributed by atoms with van der Waals surface area (Å²) in [6.07, 6.45) is 1.20. The summed E-state index contributed by atoms with van der Waals surface area (Å²) in [5, 5.41) is 2.57. The second kappa shape index (κ2) is 10.5. The van der Waals surface area contributed by atoms with Crippen LogP contribution in [-0.4, -0.2) is 36.5 Å². The summed E-state index contributed by atoms with van der Waals surface area (Å²) < 4.78 is 41.9. The predicted molar refractivity (Wildman–Crippen MR) is 112 cm³/mol. The molecule has 0 unspecified atom stereocenters. The van der Waals surface area contributed by atoms with Crippen LogP contribution in [0.4, 0.5) is 14.5 Å². The maximum Gasteiger partial charge on any atom is 0.337 e. The zero-order chi connectivity index (χ0) is 24.0. The first-order valence-corrected chi connectivity index (χ1v) is 9.81. The number of hydrogen-bond acceptors (Lipinski definition) is 7. The lowest BCUT2D eigenvalue weighted by molar-refractivity contribution is -0.147. The van der Waals surface area contributed by atoms with E-state index in [0.717, 1.165) is 12.1 Å². The molecule has 1 aromatic heterocycles. The van der Waals surface area contributed by atoms with Crippen LogP contribution in [0.25, 0.3) is 11.3 Å².